The van der Waals surface area contributed by atoms with E-state index >= 15 is 0 Å². The fourth-order valence-electron chi connectivity index (χ4n) is 1.68. The fourth-order valence-corrected chi connectivity index (χ4v) is 1.68. The molecule has 1 aliphatic rings. The predicted molar refractivity (Wildman–Crippen MR) is 42.8 cm³/mol. The third-order valence-electron chi connectivity index (χ3n) is 2.39. The molecule has 1 aliphatic heterocycles. The lowest BCUT2D eigenvalue weighted by molar-refractivity contribution is -0.144. The van der Waals surface area contributed by atoms with Crippen molar-refractivity contribution in [2.75, 3.05) is 13.2 Å². The Morgan fingerprint density at radius 2 is 2.42 bits per heavy atom. The van der Waals surface area contributed by atoms with Crippen molar-refractivity contribution in [3.05, 3.63) is 0 Å². The van der Waals surface area contributed by atoms with Gasteiger partial charge in [-0.05, 0) is 32.2 Å². The predicted octanol–water partition coefficient (Wildman–Crippen LogP) is 0.943. The fraction of sp³-hybridized carbons (Fsp3) is 0.875. The van der Waals surface area contributed by atoms with E-state index in [0.29, 0.717) is 19.3 Å². The van der Waals surface area contributed by atoms with Gasteiger partial charge in [0, 0.05) is 0 Å². The van der Waals surface area contributed by atoms with Crippen LogP contribution < -0.4 is 5.32 Å². The molecule has 2 N–H and O–H groups in total. The summed E-state index contributed by atoms with van der Waals surface area (Å²) in [5, 5.41) is 11.8. The smallest absolute Gasteiger partial charge is 0.323 e. The number of alkyl halides is 1. The van der Waals surface area contributed by atoms with Crippen LogP contribution in [0.4, 0.5) is 4.39 Å². The SMILES string of the molecule is O=C(O)C1(CCCF)CCCN1. The molecule has 1 saturated heterocycles. The second-order valence-electron chi connectivity index (χ2n) is 3.21. The van der Waals surface area contributed by atoms with E-state index in [2.05, 4.69) is 5.32 Å². The molecule has 0 saturated carbocycles. The van der Waals surface area contributed by atoms with Gasteiger partial charge in [0.2, 0.25) is 0 Å². The van der Waals surface area contributed by atoms with Crippen LogP contribution >= 0.6 is 0 Å². The van der Waals surface area contributed by atoms with Crippen LogP contribution in [0.25, 0.3) is 0 Å². The molecule has 1 unspecified atom stereocenters. The average Bonchev–Trinajstić information content (AvgIpc) is 2.50. The van der Waals surface area contributed by atoms with Crippen molar-refractivity contribution in [2.45, 2.75) is 31.2 Å². The van der Waals surface area contributed by atoms with Crippen LogP contribution in [0.2, 0.25) is 0 Å². The molecule has 0 aliphatic carbocycles. The average molecular weight is 175 g/mol. The lowest BCUT2D eigenvalue weighted by atomic mass is 9.92. The first-order valence-electron chi connectivity index (χ1n) is 4.26. The minimum Gasteiger partial charge on any atom is -0.480 e. The van der Waals surface area contributed by atoms with Crippen LogP contribution in [0.3, 0.4) is 0 Å². The standard InChI is InChI=1S/C8H14FNO2/c9-5-1-3-8(7(11)12)4-2-6-10-8/h10H,1-6H2,(H,11,12). The lowest BCUT2D eigenvalue weighted by Gasteiger charge is -2.23. The summed E-state index contributed by atoms with van der Waals surface area (Å²) < 4.78 is 11.9. The van der Waals surface area contributed by atoms with Gasteiger partial charge in [-0.3, -0.25) is 9.18 Å². The van der Waals surface area contributed by atoms with Gasteiger partial charge in [0.25, 0.3) is 0 Å². The molecule has 0 aromatic heterocycles. The Morgan fingerprint density at radius 3 is 2.83 bits per heavy atom. The maximum absolute atomic E-state index is 11.9. The summed E-state index contributed by atoms with van der Waals surface area (Å²) in [7, 11) is 0. The van der Waals surface area contributed by atoms with Crippen LogP contribution in [0.15, 0.2) is 0 Å². The summed E-state index contributed by atoms with van der Waals surface area (Å²) in [6.45, 7) is 0.301. The highest BCUT2D eigenvalue weighted by Crippen LogP contribution is 2.24. The minimum atomic E-state index is -0.839. The van der Waals surface area contributed by atoms with Crippen molar-refractivity contribution in [1.82, 2.24) is 5.32 Å². The highest BCUT2D eigenvalue weighted by Gasteiger charge is 2.40. The van der Waals surface area contributed by atoms with Gasteiger partial charge < -0.3 is 10.4 Å². The molecular weight excluding hydrogens is 161 g/mol. The number of nitrogens with one attached hydrogen (secondary N) is 1. The maximum atomic E-state index is 11.9. The van der Waals surface area contributed by atoms with Crippen LogP contribution in [0, 0.1) is 0 Å². The summed E-state index contributed by atoms with van der Waals surface area (Å²) in [5.74, 6) is -0.839. The lowest BCUT2D eigenvalue weighted by Crippen LogP contribution is -2.47. The molecule has 1 rings (SSSR count). The Balaban J connectivity index is 2.53. The van der Waals surface area contributed by atoms with Crippen molar-refractivity contribution in [3.63, 3.8) is 0 Å². The van der Waals surface area contributed by atoms with E-state index in [-0.39, 0.29) is 0 Å². The van der Waals surface area contributed by atoms with Crippen molar-refractivity contribution in [1.29, 1.82) is 0 Å². The molecule has 70 valence electrons. The van der Waals surface area contributed by atoms with Crippen LogP contribution in [-0.4, -0.2) is 29.8 Å². The second kappa shape index (κ2) is 3.85. The number of aliphatic carboxylic acids is 1. The highest BCUT2D eigenvalue weighted by molar-refractivity contribution is 5.79. The molecule has 1 heterocycles. The highest BCUT2D eigenvalue weighted by atomic mass is 19.1. The van der Waals surface area contributed by atoms with Crippen LogP contribution in [0.1, 0.15) is 25.7 Å². The zero-order chi connectivity index (χ0) is 9.03. The van der Waals surface area contributed by atoms with Crippen molar-refractivity contribution in [2.24, 2.45) is 0 Å². The number of carbonyl (C=O) groups is 1. The maximum Gasteiger partial charge on any atom is 0.323 e. The molecule has 0 radical (unpaired) electrons. The number of halogens is 1. The molecule has 0 bridgehead atoms. The number of hydrogen-bond acceptors (Lipinski definition) is 2. The monoisotopic (exact) mass is 175 g/mol. The van der Waals surface area contributed by atoms with Gasteiger partial charge >= 0.3 is 5.97 Å². The number of carboxylic acid groups (broad SMARTS) is 1. The van der Waals surface area contributed by atoms with Crippen LogP contribution in [-0.2, 0) is 4.79 Å². The quantitative estimate of drug-likeness (QED) is 0.668. The summed E-state index contributed by atoms with van der Waals surface area (Å²) >= 11 is 0. The largest absolute Gasteiger partial charge is 0.480 e. The van der Waals surface area contributed by atoms with E-state index in [1.54, 1.807) is 0 Å². The van der Waals surface area contributed by atoms with E-state index in [1.165, 1.54) is 0 Å². The Morgan fingerprint density at radius 1 is 1.67 bits per heavy atom. The Bertz CT molecular complexity index is 166. The Kier molecular flexibility index (Phi) is 3.03. The minimum absolute atomic E-state index is 0.333. The van der Waals surface area contributed by atoms with Gasteiger partial charge in [-0.15, -0.1) is 0 Å². The first-order valence-corrected chi connectivity index (χ1v) is 4.26. The second-order valence-corrected chi connectivity index (χ2v) is 3.21. The van der Waals surface area contributed by atoms with Gasteiger partial charge in [-0.25, -0.2) is 0 Å². The van der Waals surface area contributed by atoms with Crippen molar-refractivity contribution in [3.8, 4) is 0 Å². The summed E-state index contributed by atoms with van der Waals surface area (Å²) in [6.07, 6.45) is 2.24. The molecular formula is C8H14FNO2. The first-order chi connectivity index (χ1) is 5.71. The van der Waals surface area contributed by atoms with Crippen molar-refractivity contribution >= 4 is 5.97 Å². The number of hydrogen-bond donors (Lipinski definition) is 2. The molecule has 4 heteroatoms. The molecule has 1 fully saturated rings. The topological polar surface area (TPSA) is 49.3 Å². The van der Waals surface area contributed by atoms with Crippen LogP contribution in [0.5, 0.6) is 0 Å². The molecule has 0 aromatic carbocycles. The molecule has 0 amide bonds. The molecule has 0 aromatic rings. The van der Waals surface area contributed by atoms with Gasteiger partial charge in [-0.2, -0.15) is 0 Å². The third-order valence-corrected chi connectivity index (χ3v) is 2.39. The van der Waals surface area contributed by atoms with Gasteiger partial charge in [0.1, 0.15) is 5.54 Å². The normalized spacial score (nSPS) is 29.1. The Hall–Kier alpha value is -0.640. The molecule has 12 heavy (non-hydrogen) atoms. The molecule has 1 atom stereocenters. The van der Waals surface area contributed by atoms with E-state index in [0.717, 1.165) is 13.0 Å². The van der Waals surface area contributed by atoms with E-state index < -0.39 is 18.2 Å². The molecule has 0 spiro atoms. The first kappa shape index (κ1) is 9.45. The number of carboxylic acids is 1. The zero-order valence-corrected chi connectivity index (χ0v) is 6.98. The van der Waals surface area contributed by atoms with E-state index in [9.17, 15) is 9.18 Å². The zero-order valence-electron chi connectivity index (χ0n) is 6.98. The van der Waals surface area contributed by atoms with Crippen molar-refractivity contribution < 1.29 is 14.3 Å². The van der Waals surface area contributed by atoms with Gasteiger partial charge in [0.15, 0.2) is 0 Å². The van der Waals surface area contributed by atoms with E-state index in [4.69, 9.17) is 5.11 Å². The summed E-state index contributed by atoms with van der Waals surface area (Å²) in [6, 6.07) is 0. The van der Waals surface area contributed by atoms with Gasteiger partial charge in [0.05, 0.1) is 6.67 Å². The summed E-state index contributed by atoms with van der Waals surface area (Å²) in [5.41, 5.74) is -0.827. The Labute approximate surface area is 71.0 Å². The molecule has 3 nitrogen and oxygen atoms in total. The van der Waals surface area contributed by atoms with Gasteiger partial charge in [-0.1, -0.05) is 0 Å². The number of rotatable bonds is 4. The summed E-state index contributed by atoms with van der Waals surface area (Å²) in [4.78, 5) is 10.8. The van der Waals surface area contributed by atoms with E-state index in [1.807, 2.05) is 0 Å². The third kappa shape index (κ3) is 1.75.